The number of ether oxygens (including phenoxy) is 3. The van der Waals surface area contributed by atoms with Gasteiger partial charge in [-0.05, 0) is 48.4 Å². The largest absolute Gasteiger partial charge is 0.493 e. The number of ketones is 1. The number of rotatable bonds is 8. The SMILES string of the molecule is CCCCCCOc1ccc(/C=C2\Oc3ccc(Cl)cc3C2=O)cc1OC. The first-order chi connectivity index (χ1) is 13.1. The molecule has 0 saturated carbocycles. The van der Waals surface area contributed by atoms with Crippen LogP contribution >= 0.6 is 11.6 Å². The Morgan fingerprint density at radius 2 is 1.93 bits per heavy atom. The number of unbranched alkanes of at least 4 members (excludes halogenated alkanes) is 3. The fourth-order valence-electron chi connectivity index (χ4n) is 2.92. The Morgan fingerprint density at radius 1 is 1.07 bits per heavy atom. The highest BCUT2D eigenvalue weighted by molar-refractivity contribution is 6.31. The lowest BCUT2D eigenvalue weighted by atomic mass is 10.1. The normalized spacial score (nSPS) is 14.2. The van der Waals surface area contributed by atoms with Crippen LogP contribution in [0.1, 0.15) is 48.5 Å². The molecule has 0 aromatic heterocycles. The van der Waals surface area contributed by atoms with E-state index in [1.807, 2.05) is 18.2 Å². The summed E-state index contributed by atoms with van der Waals surface area (Å²) in [7, 11) is 1.60. The Labute approximate surface area is 164 Å². The number of carbonyl (C=O) groups is 1. The topological polar surface area (TPSA) is 44.8 Å². The molecule has 4 nitrogen and oxygen atoms in total. The Kier molecular flexibility index (Phi) is 6.40. The molecule has 2 aromatic rings. The Bertz CT molecular complexity index is 857. The van der Waals surface area contributed by atoms with Crippen molar-refractivity contribution in [2.45, 2.75) is 32.6 Å². The first-order valence-electron chi connectivity index (χ1n) is 9.17. The number of carbonyl (C=O) groups excluding carboxylic acids is 1. The zero-order valence-corrected chi connectivity index (χ0v) is 16.3. The molecule has 0 saturated heterocycles. The van der Waals surface area contributed by atoms with Gasteiger partial charge in [-0.3, -0.25) is 4.79 Å². The summed E-state index contributed by atoms with van der Waals surface area (Å²) in [5.74, 6) is 1.94. The predicted octanol–water partition coefficient (Wildman–Crippen LogP) is 5.92. The molecular weight excluding hydrogens is 364 g/mol. The number of benzene rings is 2. The van der Waals surface area contributed by atoms with Crippen LogP contribution in [-0.4, -0.2) is 19.5 Å². The van der Waals surface area contributed by atoms with Crippen molar-refractivity contribution >= 4 is 23.5 Å². The molecule has 0 unspecified atom stereocenters. The zero-order chi connectivity index (χ0) is 19.2. The third-order valence-electron chi connectivity index (χ3n) is 4.37. The molecule has 0 aliphatic carbocycles. The van der Waals surface area contributed by atoms with Crippen LogP contribution in [0.4, 0.5) is 0 Å². The number of methoxy groups -OCH3 is 1. The molecule has 1 aliphatic rings. The second kappa shape index (κ2) is 8.96. The maximum absolute atomic E-state index is 12.5. The summed E-state index contributed by atoms with van der Waals surface area (Å²) < 4.78 is 16.9. The zero-order valence-electron chi connectivity index (χ0n) is 15.6. The lowest BCUT2D eigenvalue weighted by Crippen LogP contribution is -2.00. The van der Waals surface area contributed by atoms with Gasteiger partial charge in [0.2, 0.25) is 5.78 Å². The minimum atomic E-state index is -0.178. The predicted molar refractivity (Wildman–Crippen MR) is 107 cm³/mol. The number of halogens is 1. The van der Waals surface area contributed by atoms with E-state index in [9.17, 15) is 4.79 Å². The third kappa shape index (κ3) is 4.64. The van der Waals surface area contributed by atoms with Crippen molar-refractivity contribution in [3.8, 4) is 17.2 Å². The van der Waals surface area contributed by atoms with Crippen molar-refractivity contribution in [2.24, 2.45) is 0 Å². The fraction of sp³-hybridized carbons (Fsp3) is 0.318. The maximum Gasteiger partial charge on any atom is 0.232 e. The molecule has 27 heavy (non-hydrogen) atoms. The van der Waals surface area contributed by atoms with E-state index in [-0.39, 0.29) is 11.5 Å². The molecule has 0 fully saturated rings. The van der Waals surface area contributed by atoms with Crippen molar-refractivity contribution < 1.29 is 19.0 Å². The van der Waals surface area contributed by atoms with E-state index < -0.39 is 0 Å². The van der Waals surface area contributed by atoms with Gasteiger partial charge in [0, 0.05) is 5.02 Å². The van der Waals surface area contributed by atoms with Gasteiger partial charge in [-0.1, -0.05) is 43.9 Å². The monoisotopic (exact) mass is 386 g/mol. The fourth-order valence-corrected chi connectivity index (χ4v) is 3.09. The van der Waals surface area contributed by atoms with Gasteiger partial charge < -0.3 is 14.2 Å². The van der Waals surface area contributed by atoms with Gasteiger partial charge in [0.05, 0.1) is 19.3 Å². The minimum Gasteiger partial charge on any atom is -0.493 e. The highest BCUT2D eigenvalue weighted by Crippen LogP contribution is 2.35. The summed E-state index contributed by atoms with van der Waals surface area (Å²) in [4.78, 5) is 12.5. The molecule has 3 rings (SSSR count). The molecule has 0 radical (unpaired) electrons. The van der Waals surface area contributed by atoms with Crippen molar-refractivity contribution in [1.82, 2.24) is 0 Å². The summed E-state index contributed by atoms with van der Waals surface area (Å²) in [6, 6.07) is 10.6. The summed E-state index contributed by atoms with van der Waals surface area (Å²) in [6.07, 6.45) is 6.29. The second-order valence-electron chi connectivity index (χ2n) is 6.40. The quantitative estimate of drug-likeness (QED) is 0.417. The Hall–Kier alpha value is -2.46. The first kappa shape index (κ1) is 19.3. The summed E-state index contributed by atoms with van der Waals surface area (Å²) in [5, 5.41) is 0.508. The molecule has 5 heteroatoms. The van der Waals surface area contributed by atoms with Gasteiger partial charge in [-0.2, -0.15) is 0 Å². The molecule has 0 atom stereocenters. The first-order valence-corrected chi connectivity index (χ1v) is 9.55. The molecular formula is C22H23ClO4. The number of Topliss-reactive ketones (excluding diaryl/α,β-unsaturated/α-hetero) is 1. The van der Waals surface area contributed by atoms with Crippen LogP contribution in [0.15, 0.2) is 42.2 Å². The van der Waals surface area contributed by atoms with Crippen LogP contribution in [-0.2, 0) is 0 Å². The molecule has 0 spiro atoms. The molecule has 0 bridgehead atoms. The lowest BCUT2D eigenvalue weighted by molar-refractivity contribution is 0.101. The molecule has 0 amide bonds. The average molecular weight is 387 g/mol. The highest BCUT2D eigenvalue weighted by atomic mass is 35.5. The van der Waals surface area contributed by atoms with Crippen LogP contribution in [0.25, 0.3) is 6.08 Å². The van der Waals surface area contributed by atoms with Gasteiger partial charge in [0.25, 0.3) is 0 Å². The maximum atomic E-state index is 12.5. The smallest absolute Gasteiger partial charge is 0.232 e. The minimum absolute atomic E-state index is 0.178. The van der Waals surface area contributed by atoms with Gasteiger partial charge >= 0.3 is 0 Å². The number of hydrogen-bond acceptors (Lipinski definition) is 4. The van der Waals surface area contributed by atoms with Crippen molar-refractivity contribution in [3.63, 3.8) is 0 Å². The second-order valence-corrected chi connectivity index (χ2v) is 6.84. The van der Waals surface area contributed by atoms with Crippen molar-refractivity contribution in [2.75, 3.05) is 13.7 Å². The summed E-state index contributed by atoms with van der Waals surface area (Å²) in [6.45, 7) is 2.84. The van der Waals surface area contributed by atoms with Gasteiger partial charge in [0.15, 0.2) is 17.3 Å². The molecule has 0 N–H and O–H groups in total. The van der Waals surface area contributed by atoms with Crippen LogP contribution in [0, 0.1) is 0 Å². The summed E-state index contributed by atoms with van der Waals surface area (Å²) >= 11 is 5.97. The van der Waals surface area contributed by atoms with E-state index in [1.165, 1.54) is 12.8 Å². The third-order valence-corrected chi connectivity index (χ3v) is 4.61. The van der Waals surface area contributed by atoms with E-state index in [0.717, 1.165) is 18.4 Å². The standard InChI is InChI=1S/C22H23ClO4/c1-3-4-5-6-11-26-19-9-7-15(12-20(19)25-2)13-21-22(24)17-14-16(23)8-10-18(17)27-21/h7-10,12-14H,3-6,11H2,1-2H3/b21-13-. The Balaban J connectivity index is 1.72. The summed E-state index contributed by atoms with van der Waals surface area (Å²) in [5.41, 5.74) is 1.28. The van der Waals surface area contributed by atoms with E-state index in [0.29, 0.717) is 34.4 Å². The molecule has 1 aliphatic heterocycles. The Morgan fingerprint density at radius 3 is 2.70 bits per heavy atom. The van der Waals surface area contributed by atoms with Crippen LogP contribution in [0.3, 0.4) is 0 Å². The van der Waals surface area contributed by atoms with Gasteiger partial charge in [-0.25, -0.2) is 0 Å². The molecule has 142 valence electrons. The van der Waals surface area contributed by atoms with E-state index in [1.54, 1.807) is 31.4 Å². The highest BCUT2D eigenvalue weighted by Gasteiger charge is 2.27. The molecule has 1 heterocycles. The number of allylic oxidation sites excluding steroid dienone is 1. The average Bonchev–Trinajstić information content (AvgIpc) is 2.97. The number of fused-ring (bicyclic) bond motifs is 1. The van der Waals surface area contributed by atoms with Gasteiger partial charge in [-0.15, -0.1) is 0 Å². The lowest BCUT2D eigenvalue weighted by Gasteiger charge is -2.11. The van der Waals surface area contributed by atoms with Crippen LogP contribution in [0.2, 0.25) is 5.02 Å². The van der Waals surface area contributed by atoms with E-state index in [4.69, 9.17) is 25.8 Å². The molecule has 2 aromatic carbocycles. The van der Waals surface area contributed by atoms with Crippen LogP contribution < -0.4 is 14.2 Å². The van der Waals surface area contributed by atoms with Crippen LogP contribution in [0.5, 0.6) is 17.2 Å². The van der Waals surface area contributed by atoms with Crippen molar-refractivity contribution in [1.29, 1.82) is 0 Å². The van der Waals surface area contributed by atoms with Crippen molar-refractivity contribution in [3.05, 3.63) is 58.3 Å². The van der Waals surface area contributed by atoms with Gasteiger partial charge in [0.1, 0.15) is 5.75 Å². The number of hydrogen-bond donors (Lipinski definition) is 0. The van der Waals surface area contributed by atoms with E-state index >= 15 is 0 Å². The van der Waals surface area contributed by atoms with E-state index in [2.05, 4.69) is 6.92 Å².